The van der Waals surface area contributed by atoms with Crippen molar-refractivity contribution in [1.29, 1.82) is 0 Å². The second kappa shape index (κ2) is 8.07. The Morgan fingerprint density at radius 2 is 2.10 bits per heavy atom. The van der Waals surface area contributed by atoms with Gasteiger partial charge in [0.25, 0.3) is 0 Å². The highest BCUT2D eigenvalue weighted by Crippen LogP contribution is 2.61. The molecule has 0 unspecified atom stereocenters. The van der Waals surface area contributed by atoms with Crippen molar-refractivity contribution in [2.75, 3.05) is 5.73 Å². The number of rotatable bonds is 5. The van der Waals surface area contributed by atoms with Gasteiger partial charge in [-0.2, -0.15) is 4.98 Å². The minimum Gasteiger partial charge on any atom is -0.380 e. The molecular weight excluding hydrogens is 382 g/mol. The van der Waals surface area contributed by atoms with Gasteiger partial charge in [0.2, 0.25) is 5.52 Å². The highest BCUT2D eigenvalue weighted by molar-refractivity contribution is 5.79. The fourth-order valence-corrected chi connectivity index (χ4v) is 6.53. The Morgan fingerprint density at radius 1 is 1.32 bits per heavy atom. The van der Waals surface area contributed by atoms with Crippen LogP contribution in [0.2, 0.25) is 0 Å². The Labute approximate surface area is 187 Å². The lowest BCUT2D eigenvalue weighted by molar-refractivity contribution is -0.647. The zero-order chi connectivity index (χ0) is 22.4. The van der Waals surface area contributed by atoms with Crippen molar-refractivity contribution in [1.82, 2.24) is 14.5 Å². The molecule has 4 rings (SSSR count). The Bertz CT molecular complexity index is 1030. The molecule has 2 aromatic heterocycles. The highest BCUT2D eigenvalue weighted by atomic mass is 15.2. The molecule has 2 aromatic rings. The molecule has 168 valence electrons. The van der Waals surface area contributed by atoms with Crippen LogP contribution in [-0.4, -0.2) is 14.5 Å². The van der Waals surface area contributed by atoms with Crippen LogP contribution in [0.5, 0.6) is 0 Å². The number of hydrogen-bond acceptors (Lipinski definition) is 3. The van der Waals surface area contributed by atoms with Crippen LogP contribution in [0.25, 0.3) is 11.2 Å². The SMILES string of the molecule is CC1=CCC[C@H]2[C@@](C)(CC/C(C)=C/Cn3c[n+](C)c4ncnc(N)c43)[C@H](C)CC[C@@]12C. The maximum Gasteiger partial charge on any atom is 0.307 e. The standard InChI is InChI=1S/C26H40N5/c1-18(12-15-31-17-30(6)24-22(31)23(27)28-16-29-24)10-13-25(4)20(3)11-14-26(5)19(2)8-7-9-21(25)26/h8,12,16-17,20-21H,7,9-11,13-15H2,1-6H3,(H2,27,28,29)/q+1/b18-12+/t20-,21+,25+,26+/m1/s1. The Hall–Kier alpha value is -2.17. The first-order valence-corrected chi connectivity index (χ1v) is 11.9. The van der Waals surface area contributed by atoms with Gasteiger partial charge >= 0.3 is 5.65 Å². The zero-order valence-corrected chi connectivity index (χ0v) is 20.3. The number of allylic oxidation sites excluding steroid dienone is 4. The smallest absolute Gasteiger partial charge is 0.307 e. The van der Waals surface area contributed by atoms with E-state index in [9.17, 15) is 0 Å². The lowest BCUT2D eigenvalue weighted by Gasteiger charge is -2.58. The summed E-state index contributed by atoms with van der Waals surface area (Å²) >= 11 is 0. The first-order chi connectivity index (χ1) is 14.7. The summed E-state index contributed by atoms with van der Waals surface area (Å²) in [4.78, 5) is 8.56. The molecule has 2 heterocycles. The van der Waals surface area contributed by atoms with Crippen molar-refractivity contribution in [3.8, 4) is 0 Å². The molecule has 2 aliphatic rings. The summed E-state index contributed by atoms with van der Waals surface area (Å²) in [6.07, 6.45) is 16.2. The van der Waals surface area contributed by atoms with Crippen molar-refractivity contribution in [3.63, 3.8) is 0 Å². The maximum absolute atomic E-state index is 6.14. The van der Waals surface area contributed by atoms with Gasteiger partial charge in [-0.1, -0.05) is 49.1 Å². The van der Waals surface area contributed by atoms with Crippen LogP contribution in [0.4, 0.5) is 5.82 Å². The predicted molar refractivity (Wildman–Crippen MR) is 127 cm³/mol. The van der Waals surface area contributed by atoms with E-state index in [2.05, 4.69) is 67.6 Å². The van der Waals surface area contributed by atoms with Crippen LogP contribution < -0.4 is 10.3 Å². The number of fused-ring (bicyclic) bond motifs is 2. The molecule has 31 heavy (non-hydrogen) atoms. The Balaban J connectivity index is 1.50. The number of nitrogens with two attached hydrogens (primary N) is 1. The fourth-order valence-electron chi connectivity index (χ4n) is 6.53. The number of aromatic nitrogens is 4. The molecule has 0 bridgehead atoms. The average molecular weight is 423 g/mol. The van der Waals surface area contributed by atoms with E-state index < -0.39 is 0 Å². The van der Waals surface area contributed by atoms with Crippen molar-refractivity contribution in [2.45, 2.75) is 79.7 Å². The van der Waals surface area contributed by atoms with Crippen molar-refractivity contribution in [3.05, 3.63) is 36.0 Å². The summed E-state index contributed by atoms with van der Waals surface area (Å²) in [5.74, 6) is 2.12. The van der Waals surface area contributed by atoms with Crippen LogP contribution in [0, 0.1) is 22.7 Å². The van der Waals surface area contributed by atoms with Gasteiger partial charge in [0.05, 0.1) is 13.6 Å². The van der Waals surface area contributed by atoms with Crippen molar-refractivity contribution >= 4 is 17.0 Å². The number of anilines is 1. The molecular formula is C26H40N5+. The van der Waals surface area contributed by atoms with Gasteiger partial charge in [-0.15, -0.1) is 0 Å². The van der Waals surface area contributed by atoms with Gasteiger partial charge in [0.1, 0.15) is 0 Å². The minimum atomic E-state index is 0.396. The number of aryl methyl sites for hydroxylation is 1. The second-order valence-electron chi connectivity index (χ2n) is 10.7. The molecule has 0 amide bonds. The van der Waals surface area contributed by atoms with E-state index in [4.69, 9.17) is 5.73 Å². The van der Waals surface area contributed by atoms with Crippen molar-refractivity contribution in [2.24, 2.45) is 29.7 Å². The van der Waals surface area contributed by atoms with Gasteiger partial charge in [-0.3, -0.25) is 4.57 Å². The zero-order valence-electron chi connectivity index (χ0n) is 20.3. The average Bonchev–Trinajstić information content (AvgIpc) is 3.07. The third-order valence-corrected chi connectivity index (χ3v) is 9.05. The van der Waals surface area contributed by atoms with Crippen LogP contribution in [0.1, 0.15) is 73.1 Å². The van der Waals surface area contributed by atoms with E-state index in [1.165, 1.54) is 44.0 Å². The summed E-state index contributed by atoms with van der Waals surface area (Å²) < 4.78 is 4.17. The molecule has 0 spiro atoms. The summed E-state index contributed by atoms with van der Waals surface area (Å²) in [5.41, 5.74) is 11.8. The van der Waals surface area contributed by atoms with E-state index >= 15 is 0 Å². The molecule has 0 radical (unpaired) electrons. The largest absolute Gasteiger partial charge is 0.380 e. The number of hydrogen-bond donors (Lipinski definition) is 1. The second-order valence-corrected chi connectivity index (χ2v) is 10.7. The normalized spacial score (nSPS) is 31.5. The molecule has 5 heteroatoms. The van der Waals surface area contributed by atoms with E-state index in [1.54, 1.807) is 5.57 Å². The summed E-state index contributed by atoms with van der Waals surface area (Å²) in [6, 6.07) is 0. The van der Waals surface area contributed by atoms with E-state index in [-0.39, 0.29) is 0 Å². The lowest BCUT2D eigenvalue weighted by Crippen LogP contribution is -2.49. The van der Waals surface area contributed by atoms with Gasteiger partial charge in [0.15, 0.2) is 18.5 Å². The molecule has 1 fully saturated rings. The molecule has 4 atom stereocenters. The topological polar surface area (TPSA) is 60.6 Å². The van der Waals surface area contributed by atoms with Crippen LogP contribution in [0.3, 0.4) is 0 Å². The quantitative estimate of drug-likeness (QED) is 0.521. The summed E-state index contributed by atoms with van der Waals surface area (Å²) in [5, 5.41) is 0. The molecule has 5 nitrogen and oxygen atoms in total. The predicted octanol–water partition coefficient (Wildman–Crippen LogP) is 5.36. The molecule has 2 aliphatic carbocycles. The Kier molecular flexibility index (Phi) is 5.74. The maximum atomic E-state index is 6.14. The Morgan fingerprint density at radius 3 is 2.87 bits per heavy atom. The fraction of sp³-hybridized carbons (Fsp3) is 0.654. The van der Waals surface area contributed by atoms with Gasteiger partial charge in [-0.05, 0) is 75.0 Å². The van der Waals surface area contributed by atoms with E-state index in [0.29, 0.717) is 16.6 Å². The van der Waals surface area contributed by atoms with Crippen LogP contribution in [0.15, 0.2) is 36.0 Å². The van der Waals surface area contributed by atoms with Crippen LogP contribution >= 0.6 is 0 Å². The van der Waals surface area contributed by atoms with Gasteiger partial charge < -0.3 is 5.73 Å². The summed E-state index contributed by atoms with van der Waals surface area (Å²) in [6.45, 7) is 13.1. The van der Waals surface area contributed by atoms with E-state index in [0.717, 1.165) is 36.0 Å². The van der Waals surface area contributed by atoms with Crippen LogP contribution in [-0.2, 0) is 13.6 Å². The van der Waals surface area contributed by atoms with Crippen molar-refractivity contribution < 1.29 is 4.57 Å². The lowest BCUT2D eigenvalue weighted by atomic mass is 9.47. The molecule has 0 aliphatic heterocycles. The van der Waals surface area contributed by atoms with E-state index in [1.807, 2.05) is 11.6 Å². The third kappa shape index (κ3) is 3.70. The number of nitrogen functional groups attached to an aromatic ring is 1. The number of imidazole rings is 1. The molecule has 1 saturated carbocycles. The monoisotopic (exact) mass is 422 g/mol. The van der Waals surface area contributed by atoms with Gasteiger partial charge in [0, 0.05) is 0 Å². The first kappa shape index (κ1) is 22.0. The molecule has 0 aromatic carbocycles. The summed E-state index contributed by atoms with van der Waals surface area (Å²) in [7, 11) is 2.00. The highest BCUT2D eigenvalue weighted by Gasteiger charge is 2.52. The third-order valence-electron chi connectivity index (χ3n) is 9.05. The molecule has 0 saturated heterocycles. The first-order valence-electron chi connectivity index (χ1n) is 11.9. The van der Waals surface area contributed by atoms with Gasteiger partial charge in [-0.25, -0.2) is 4.57 Å². The minimum absolute atomic E-state index is 0.396. The number of nitrogens with zero attached hydrogens (tertiary/aromatic N) is 4. The molecule has 2 N–H and O–H groups in total.